The zero-order valence-electron chi connectivity index (χ0n) is 19.0. The summed E-state index contributed by atoms with van der Waals surface area (Å²) < 4.78 is 10.1. The third-order valence-electron chi connectivity index (χ3n) is 5.98. The first kappa shape index (κ1) is 22.6. The highest BCUT2D eigenvalue weighted by molar-refractivity contribution is 6.00. The molecule has 0 saturated carbocycles. The van der Waals surface area contributed by atoms with Gasteiger partial charge in [0.25, 0.3) is 5.91 Å². The van der Waals surface area contributed by atoms with Crippen molar-refractivity contribution in [3.05, 3.63) is 95.1 Å². The summed E-state index contributed by atoms with van der Waals surface area (Å²) in [5.41, 5.74) is 1.74. The van der Waals surface area contributed by atoms with Gasteiger partial charge in [0.05, 0.1) is 17.6 Å². The zero-order valence-corrected chi connectivity index (χ0v) is 19.0. The number of hydrogen-bond donors (Lipinski definition) is 3. The number of rotatable bonds is 7. The highest BCUT2D eigenvalue weighted by atomic mass is 16.6. The molecule has 0 aliphatic carbocycles. The molecule has 5 rings (SSSR count). The summed E-state index contributed by atoms with van der Waals surface area (Å²) in [5.74, 6) is -0.256. The van der Waals surface area contributed by atoms with E-state index in [-0.39, 0.29) is 18.5 Å². The molecule has 178 valence electrons. The molecule has 0 spiro atoms. The predicted octanol–water partition coefficient (Wildman–Crippen LogP) is 3.15. The lowest BCUT2D eigenvalue weighted by molar-refractivity contribution is -0.0542. The Labute approximate surface area is 201 Å². The maximum Gasteiger partial charge on any atom is 0.415 e. The molecule has 2 heterocycles. The van der Waals surface area contributed by atoms with Crippen LogP contribution in [0.25, 0.3) is 11.0 Å². The van der Waals surface area contributed by atoms with E-state index in [2.05, 4.69) is 15.3 Å². The lowest BCUT2D eigenvalue weighted by atomic mass is 9.93. The number of nitrogens with zero attached hydrogens (tertiary/aromatic N) is 2. The van der Waals surface area contributed by atoms with Crippen LogP contribution in [0.2, 0.25) is 0 Å². The summed E-state index contributed by atoms with van der Waals surface area (Å²) in [5, 5.41) is 14.7. The first-order valence-electron chi connectivity index (χ1n) is 11.1. The second kappa shape index (κ2) is 9.21. The number of aromatic nitrogens is 2. The van der Waals surface area contributed by atoms with Crippen molar-refractivity contribution < 1.29 is 24.2 Å². The van der Waals surface area contributed by atoms with Crippen LogP contribution in [0.1, 0.15) is 27.0 Å². The highest BCUT2D eigenvalue weighted by Gasteiger charge is 2.49. The predicted molar refractivity (Wildman–Crippen MR) is 128 cm³/mol. The van der Waals surface area contributed by atoms with Gasteiger partial charge in [-0.3, -0.25) is 9.69 Å². The quantitative estimate of drug-likeness (QED) is 0.356. The van der Waals surface area contributed by atoms with Crippen LogP contribution >= 0.6 is 0 Å². The second-order valence-electron chi connectivity index (χ2n) is 8.18. The highest BCUT2D eigenvalue weighted by Crippen LogP contribution is 2.43. The summed E-state index contributed by atoms with van der Waals surface area (Å²) in [6.07, 6.45) is -0.663. The van der Waals surface area contributed by atoms with Crippen LogP contribution in [0.5, 0.6) is 6.01 Å². The molecule has 1 aromatic heterocycles. The Morgan fingerprint density at radius 1 is 1.11 bits per heavy atom. The molecule has 3 N–H and O–H groups in total. The monoisotopic (exact) mass is 472 g/mol. The summed E-state index contributed by atoms with van der Waals surface area (Å²) in [6.45, 7) is 0.885. The maximum atomic E-state index is 13.4. The van der Waals surface area contributed by atoms with Crippen LogP contribution in [0.3, 0.4) is 0 Å². The smallest absolute Gasteiger partial charge is 0.383 e. The first-order chi connectivity index (χ1) is 17.0. The number of hydrogen-bond acceptors (Lipinski definition) is 6. The fourth-order valence-electron chi connectivity index (χ4n) is 4.31. The number of fused-ring (bicyclic) bond motifs is 2. The molecule has 2 amide bonds. The van der Waals surface area contributed by atoms with Crippen LogP contribution in [-0.2, 0) is 17.0 Å². The van der Waals surface area contributed by atoms with Gasteiger partial charge >= 0.3 is 12.1 Å². The van der Waals surface area contributed by atoms with E-state index < -0.39 is 11.8 Å². The molecule has 0 radical (unpaired) electrons. The maximum absolute atomic E-state index is 13.4. The van der Waals surface area contributed by atoms with Gasteiger partial charge < -0.3 is 24.9 Å². The zero-order chi connectivity index (χ0) is 24.4. The number of methoxy groups -OCH3 is 1. The summed E-state index contributed by atoms with van der Waals surface area (Å²) >= 11 is 0. The van der Waals surface area contributed by atoms with E-state index in [0.717, 1.165) is 5.56 Å². The lowest BCUT2D eigenvalue weighted by Gasteiger charge is -2.35. The van der Waals surface area contributed by atoms with Crippen molar-refractivity contribution in [1.82, 2.24) is 20.2 Å². The number of benzene rings is 3. The van der Waals surface area contributed by atoms with Gasteiger partial charge in [-0.15, -0.1) is 0 Å². The topological polar surface area (TPSA) is 117 Å². The van der Waals surface area contributed by atoms with Crippen LogP contribution < -0.4 is 10.1 Å². The third kappa shape index (κ3) is 4.11. The SMILES string of the molecule is COCCNC(=O)Oc1nc2ccc(C3(O)c4ccccc4C(=O)N3Cc3ccccc3)cc2[nH]1. The van der Waals surface area contributed by atoms with Gasteiger partial charge in [-0.2, -0.15) is 4.98 Å². The van der Waals surface area contributed by atoms with Gasteiger partial charge in [0.15, 0.2) is 5.72 Å². The van der Waals surface area contributed by atoms with Crippen molar-refractivity contribution >= 4 is 23.0 Å². The number of imidazole rings is 1. The third-order valence-corrected chi connectivity index (χ3v) is 5.98. The van der Waals surface area contributed by atoms with E-state index in [1.54, 1.807) is 42.5 Å². The molecule has 1 atom stereocenters. The van der Waals surface area contributed by atoms with Crippen molar-refractivity contribution in [2.45, 2.75) is 12.3 Å². The standard InChI is InChI=1S/C26H24N4O5/c1-34-14-13-27-25(32)35-24-28-21-12-11-18(15-22(21)29-24)26(33)20-10-6-5-9-19(20)23(31)30(26)16-17-7-3-2-4-8-17/h2-12,15,33H,13-14,16H2,1H3,(H,27,32)(H,28,29). The molecule has 9 heteroatoms. The van der Waals surface area contributed by atoms with Crippen molar-refractivity contribution in [3.8, 4) is 6.01 Å². The van der Waals surface area contributed by atoms with E-state index in [9.17, 15) is 14.7 Å². The Morgan fingerprint density at radius 3 is 2.69 bits per heavy atom. The molecule has 4 aromatic rings. The fraction of sp³-hybridized carbons (Fsp3) is 0.192. The molecular formula is C26H24N4O5. The fourth-order valence-corrected chi connectivity index (χ4v) is 4.31. The van der Waals surface area contributed by atoms with Gasteiger partial charge in [-0.1, -0.05) is 54.6 Å². The molecule has 3 aromatic carbocycles. The summed E-state index contributed by atoms with van der Waals surface area (Å²) in [7, 11) is 1.54. The van der Waals surface area contributed by atoms with Crippen molar-refractivity contribution in [2.75, 3.05) is 20.3 Å². The number of aromatic amines is 1. The van der Waals surface area contributed by atoms with Crippen molar-refractivity contribution in [2.24, 2.45) is 0 Å². The van der Waals surface area contributed by atoms with Gasteiger partial charge in [-0.25, -0.2) is 4.79 Å². The molecule has 0 fully saturated rings. The number of nitrogens with one attached hydrogen (secondary N) is 2. The number of ether oxygens (including phenoxy) is 2. The molecule has 1 aliphatic rings. The second-order valence-corrected chi connectivity index (χ2v) is 8.18. The van der Waals surface area contributed by atoms with Crippen molar-refractivity contribution in [3.63, 3.8) is 0 Å². The van der Waals surface area contributed by atoms with Gasteiger partial charge in [-0.05, 0) is 23.8 Å². The minimum Gasteiger partial charge on any atom is -0.383 e. The normalized spacial score (nSPS) is 17.0. The number of carbonyl (C=O) groups is 2. The number of aliphatic hydroxyl groups is 1. The Morgan fingerprint density at radius 2 is 1.89 bits per heavy atom. The first-order valence-corrected chi connectivity index (χ1v) is 11.1. The molecule has 1 aliphatic heterocycles. The molecular weight excluding hydrogens is 448 g/mol. The van der Waals surface area contributed by atoms with E-state index in [0.29, 0.717) is 40.9 Å². The lowest BCUT2D eigenvalue weighted by Crippen LogP contribution is -2.44. The average molecular weight is 473 g/mol. The largest absolute Gasteiger partial charge is 0.415 e. The van der Waals surface area contributed by atoms with Crippen LogP contribution in [0.4, 0.5) is 4.79 Å². The Kier molecular flexibility index (Phi) is 5.94. The van der Waals surface area contributed by atoms with E-state index in [4.69, 9.17) is 9.47 Å². The number of amides is 2. The van der Waals surface area contributed by atoms with Crippen LogP contribution in [-0.4, -0.2) is 52.2 Å². The molecule has 0 saturated heterocycles. The molecule has 35 heavy (non-hydrogen) atoms. The van der Waals surface area contributed by atoms with Crippen LogP contribution in [0.15, 0.2) is 72.8 Å². The molecule has 9 nitrogen and oxygen atoms in total. The Balaban J connectivity index is 1.50. The van der Waals surface area contributed by atoms with Gasteiger partial charge in [0, 0.05) is 36.9 Å². The molecule has 1 unspecified atom stereocenters. The average Bonchev–Trinajstić information content (AvgIpc) is 3.37. The van der Waals surface area contributed by atoms with E-state index in [1.807, 2.05) is 30.3 Å². The number of carbonyl (C=O) groups excluding carboxylic acids is 2. The number of H-pyrrole nitrogens is 1. The van der Waals surface area contributed by atoms with E-state index in [1.165, 1.54) is 12.0 Å². The Bertz CT molecular complexity index is 1390. The Hall–Kier alpha value is -4.21. The van der Waals surface area contributed by atoms with Gasteiger partial charge in [0.1, 0.15) is 0 Å². The van der Waals surface area contributed by atoms with E-state index >= 15 is 0 Å². The summed E-state index contributed by atoms with van der Waals surface area (Å²) in [6, 6.07) is 21.7. The summed E-state index contributed by atoms with van der Waals surface area (Å²) in [4.78, 5) is 34.0. The van der Waals surface area contributed by atoms with Crippen molar-refractivity contribution in [1.29, 1.82) is 0 Å². The van der Waals surface area contributed by atoms with Crippen LogP contribution in [0, 0.1) is 0 Å². The minimum absolute atomic E-state index is 0.0168. The van der Waals surface area contributed by atoms with Gasteiger partial charge in [0.2, 0.25) is 0 Å². The molecule has 0 bridgehead atoms. The minimum atomic E-state index is -1.69.